The molecule has 2 aromatic rings. The molecule has 1 fully saturated rings. The Bertz CT molecular complexity index is 879. The van der Waals surface area contributed by atoms with Crippen molar-refractivity contribution in [1.82, 2.24) is 5.32 Å². The van der Waals surface area contributed by atoms with Gasteiger partial charge in [-0.05, 0) is 61.2 Å². The van der Waals surface area contributed by atoms with Crippen LogP contribution in [0.25, 0.3) is 0 Å². The van der Waals surface area contributed by atoms with Gasteiger partial charge in [0, 0.05) is 24.6 Å². The van der Waals surface area contributed by atoms with E-state index in [-0.39, 0.29) is 36.6 Å². The zero-order chi connectivity index (χ0) is 21.3. The SMILES string of the molecule is Cc1cc(OCc2cccc(F)c2)ccc1NC(=O)CCNC(=O)C1CCCCC1. The van der Waals surface area contributed by atoms with E-state index in [4.69, 9.17) is 4.74 Å². The highest BCUT2D eigenvalue weighted by Crippen LogP contribution is 2.24. The predicted molar refractivity (Wildman–Crippen MR) is 115 cm³/mol. The van der Waals surface area contributed by atoms with Gasteiger partial charge in [-0.15, -0.1) is 0 Å². The van der Waals surface area contributed by atoms with Crippen LogP contribution in [0.4, 0.5) is 10.1 Å². The Morgan fingerprint density at radius 1 is 1.10 bits per heavy atom. The number of halogens is 1. The molecular weight excluding hydrogens is 383 g/mol. The number of amides is 2. The lowest BCUT2D eigenvalue weighted by Crippen LogP contribution is -2.34. The molecule has 3 rings (SSSR count). The van der Waals surface area contributed by atoms with E-state index in [0.29, 0.717) is 18.0 Å². The monoisotopic (exact) mass is 412 g/mol. The van der Waals surface area contributed by atoms with Crippen molar-refractivity contribution < 1.29 is 18.7 Å². The molecule has 30 heavy (non-hydrogen) atoms. The van der Waals surface area contributed by atoms with Crippen molar-refractivity contribution in [2.75, 3.05) is 11.9 Å². The van der Waals surface area contributed by atoms with E-state index in [0.717, 1.165) is 36.8 Å². The maximum atomic E-state index is 13.2. The smallest absolute Gasteiger partial charge is 0.226 e. The van der Waals surface area contributed by atoms with Crippen LogP contribution in [-0.2, 0) is 16.2 Å². The summed E-state index contributed by atoms with van der Waals surface area (Å²) in [7, 11) is 0. The van der Waals surface area contributed by atoms with Crippen molar-refractivity contribution in [3.05, 3.63) is 59.4 Å². The van der Waals surface area contributed by atoms with Crippen LogP contribution < -0.4 is 15.4 Å². The second kappa shape index (κ2) is 10.8. The molecule has 2 N–H and O–H groups in total. The van der Waals surface area contributed by atoms with Crippen LogP contribution in [0.15, 0.2) is 42.5 Å². The Kier molecular flexibility index (Phi) is 7.82. The molecule has 2 amide bonds. The van der Waals surface area contributed by atoms with E-state index in [1.165, 1.54) is 18.6 Å². The summed E-state index contributed by atoms with van der Waals surface area (Å²) in [5.74, 6) is 0.382. The van der Waals surface area contributed by atoms with Crippen LogP contribution in [-0.4, -0.2) is 18.4 Å². The summed E-state index contributed by atoms with van der Waals surface area (Å²) in [6.07, 6.45) is 5.56. The summed E-state index contributed by atoms with van der Waals surface area (Å²) < 4.78 is 18.9. The van der Waals surface area contributed by atoms with Gasteiger partial charge in [0.2, 0.25) is 11.8 Å². The molecular formula is C24H29FN2O3. The Morgan fingerprint density at radius 3 is 2.63 bits per heavy atom. The van der Waals surface area contributed by atoms with Crippen molar-refractivity contribution >= 4 is 17.5 Å². The summed E-state index contributed by atoms with van der Waals surface area (Å²) in [5, 5.41) is 5.76. The van der Waals surface area contributed by atoms with Crippen LogP contribution in [0, 0.1) is 18.7 Å². The molecule has 0 saturated heterocycles. The summed E-state index contributed by atoms with van der Waals surface area (Å²) in [5.41, 5.74) is 2.32. The molecule has 160 valence electrons. The normalized spacial score (nSPS) is 14.2. The van der Waals surface area contributed by atoms with Crippen molar-refractivity contribution in [2.45, 2.75) is 52.1 Å². The van der Waals surface area contributed by atoms with Crippen molar-refractivity contribution in [3.8, 4) is 5.75 Å². The number of rotatable bonds is 8. The number of carbonyl (C=O) groups is 2. The molecule has 0 spiro atoms. The Labute approximate surface area is 177 Å². The second-order valence-electron chi connectivity index (χ2n) is 7.82. The van der Waals surface area contributed by atoms with Crippen molar-refractivity contribution in [1.29, 1.82) is 0 Å². The lowest BCUT2D eigenvalue weighted by Gasteiger charge is -2.20. The van der Waals surface area contributed by atoms with Gasteiger partial charge >= 0.3 is 0 Å². The average molecular weight is 413 g/mol. The van der Waals surface area contributed by atoms with Crippen molar-refractivity contribution in [2.24, 2.45) is 5.92 Å². The molecule has 0 atom stereocenters. The summed E-state index contributed by atoms with van der Waals surface area (Å²) in [6.45, 7) is 2.49. The third-order valence-corrected chi connectivity index (χ3v) is 5.39. The predicted octanol–water partition coefficient (Wildman–Crippen LogP) is 4.74. The van der Waals surface area contributed by atoms with Crippen molar-refractivity contribution in [3.63, 3.8) is 0 Å². The van der Waals surface area contributed by atoms with Crippen LogP contribution in [0.3, 0.4) is 0 Å². The molecule has 0 unspecified atom stereocenters. The summed E-state index contributed by atoms with van der Waals surface area (Å²) in [4.78, 5) is 24.4. The van der Waals surface area contributed by atoms with Crippen LogP contribution in [0.1, 0.15) is 49.7 Å². The third kappa shape index (κ3) is 6.58. The Morgan fingerprint density at radius 2 is 1.90 bits per heavy atom. The maximum absolute atomic E-state index is 13.2. The zero-order valence-electron chi connectivity index (χ0n) is 17.4. The molecule has 0 bridgehead atoms. The van der Waals surface area contributed by atoms with Gasteiger partial charge in [-0.25, -0.2) is 4.39 Å². The Hall–Kier alpha value is -2.89. The Balaban J connectivity index is 1.43. The highest BCUT2D eigenvalue weighted by molar-refractivity contribution is 5.92. The fraction of sp³-hybridized carbons (Fsp3) is 0.417. The lowest BCUT2D eigenvalue weighted by atomic mass is 9.89. The van der Waals surface area contributed by atoms with Gasteiger partial charge in [0.1, 0.15) is 18.2 Å². The standard InChI is InChI=1S/C24H29FN2O3/c1-17-14-21(30-16-18-6-5-9-20(25)15-18)10-11-22(17)27-23(28)12-13-26-24(29)19-7-3-2-4-8-19/h5-6,9-11,14-15,19H,2-4,7-8,12-13,16H2,1H3,(H,26,29)(H,27,28). The fourth-order valence-corrected chi connectivity index (χ4v) is 3.68. The number of benzene rings is 2. The number of anilines is 1. The first-order chi connectivity index (χ1) is 14.5. The molecule has 6 heteroatoms. The molecule has 1 saturated carbocycles. The maximum Gasteiger partial charge on any atom is 0.226 e. The molecule has 1 aliphatic carbocycles. The zero-order valence-corrected chi connectivity index (χ0v) is 17.4. The number of hydrogen-bond donors (Lipinski definition) is 2. The number of ether oxygens (including phenoxy) is 1. The van der Waals surface area contributed by atoms with Gasteiger partial charge in [-0.1, -0.05) is 31.4 Å². The minimum atomic E-state index is -0.291. The summed E-state index contributed by atoms with van der Waals surface area (Å²) in [6, 6.07) is 11.7. The number of hydrogen-bond acceptors (Lipinski definition) is 3. The minimum Gasteiger partial charge on any atom is -0.489 e. The largest absolute Gasteiger partial charge is 0.489 e. The first kappa shape index (κ1) is 21.8. The van der Waals surface area contributed by atoms with Crippen LogP contribution in [0.5, 0.6) is 5.75 Å². The first-order valence-electron chi connectivity index (χ1n) is 10.6. The number of nitrogens with one attached hydrogen (secondary N) is 2. The highest BCUT2D eigenvalue weighted by Gasteiger charge is 2.20. The average Bonchev–Trinajstić information content (AvgIpc) is 2.74. The van der Waals surface area contributed by atoms with Gasteiger partial charge in [0.05, 0.1) is 0 Å². The van der Waals surface area contributed by atoms with Crippen LogP contribution in [0.2, 0.25) is 0 Å². The van der Waals surface area contributed by atoms with E-state index in [1.807, 2.05) is 13.0 Å². The molecule has 1 aliphatic rings. The molecule has 0 heterocycles. The van der Waals surface area contributed by atoms with Gasteiger partial charge in [-0.2, -0.15) is 0 Å². The molecule has 5 nitrogen and oxygen atoms in total. The minimum absolute atomic E-state index is 0.0680. The topological polar surface area (TPSA) is 67.4 Å². The molecule has 0 radical (unpaired) electrons. The number of carbonyl (C=O) groups excluding carboxylic acids is 2. The quantitative estimate of drug-likeness (QED) is 0.658. The lowest BCUT2D eigenvalue weighted by molar-refractivity contribution is -0.126. The molecule has 2 aromatic carbocycles. The number of aryl methyl sites for hydroxylation is 1. The van der Waals surface area contributed by atoms with Gasteiger partial charge in [-0.3, -0.25) is 9.59 Å². The van der Waals surface area contributed by atoms with E-state index >= 15 is 0 Å². The van der Waals surface area contributed by atoms with Gasteiger partial charge in [0.15, 0.2) is 0 Å². The second-order valence-corrected chi connectivity index (χ2v) is 7.82. The van der Waals surface area contributed by atoms with Gasteiger partial charge in [0.25, 0.3) is 0 Å². The fourth-order valence-electron chi connectivity index (χ4n) is 3.68. The van der Waals surface area contributed by atoms with Crippen LogP contribution >= 0.6 is 0 Å². The molecule has 0 aromatic heterocycles. The van der Waals surface area contributed by atoms with Gasteiger partial charge < -0.3 is 15.4 Å². The van der Waals surface area contributed by atoms with E-state index in [1.54, 1.807) is 24.3 Å². The third-order valence-electron chi connectivity index (χ3n) is 5.39. The highest BCUT2D eigenvalue weighted by atomic mass is 19.1. The molecule has 0 aliphatic heterocycles. The van der Waals surface area contributed by atoms with E-state index < -0.39 is 0 Å². The summed E-state index contributed by atoms with van der Waals surface area (Å²) >= 11 is 0. The van der Waals surface area contributed by atoms with E-state index in [9.17, 15) is 14.0 Å². The van der Waals surface area contributed by atoms with E-state index in [2.05, 4.69) is 10.6 Å². The first-order valence-corrected chi connectivity index (χ1v) is 10.6.